The molecule has 3 rings (SSSR count). The van der Waals surface area contributed by atoms with Gasteiger partial charge >= 0.3 is 0 Å². The molecule has 0 saturated heterocycles. The Hall–Kier alpha value is -2.79. The van der Waals surface area contributed by atoms with Gasteiger partial charge in [0.15, 0.2) is 15.6 Å². The van der Waals surface area contributed by atoms with E-state index in [0.717, 1.165) is 17.5 Å². The number of benzene rings is 2. The minimum absolute atomic E-state index is 0.0246. The molecule has 2 aromatic carbocycles. The Kier molecular flexibility index (Phi) is 5.22. The van der Waals surface area contributed by atoms with Crippen molar-refractivity contribution in [1.82, 2.24) is 5.32 Å². The number of rotatable bonds is 5. The Morgan fingerprint density at radius 1 is 1.10 bits per heavy atom. The van der Waals surface area contributed by atoms with Crippen LogP contribution in [0.25, 0.3) is 6.08 Å². The van der Waals surface area contributed by atoms with Crippen LogP contribution in [0, 0.1) is 0 Å². The van der Waals surface area contributed by atoms with Crippen molar-refractivity contribution in [2.45, 2.75) is 21.9 Å². The van der Waals surface area contributed by atoms with Gasteiger partial charge in [-0.25, -0.2) is 8.42 Å². The monoisotopic (exact) mass is 435 g/mol. The van der Waals surface area contributed by atoms with Crippen LogP contribution in [-0.2, 0) is 25.7 Å². The molecule has 0 aliphatic heterocycles. The van der Waals surface area contributed by atoms with Crippen molar-refractivity contribution in [2.75, 3.05) is 0 Å². The molecule has 1 unspecified atom stereocenters. The molecule has 0 spiro atoms. The minimum Gasteiger partial charge on any atom is -0.367 e. The highest BCUT2D eigenvalue weighted by Crippen LogP contribution is 2.33. The third kappa shape index (κ3) is 4.15. The zero-order chi connectivity index (χ0) is 21.4. The number of aliphatic hydroxyl groups is 1. The number of sulfone groups is 1. The molecule has 1 amide bonds. The molecule has 8 nitrogen and oxygen atoms in total. The third-order valence-electron chi connectivity index (χ3n) is 4.44. The van der Waals surface area contributed by atoms with Gasteiger partial charge in [-0.1, -0.05) is 30.9 Å². The van der Waals surface area contributed by atoms with Crippen molar-refractivity contribution in [2.24, 2.45) is 0 Å². The molecule has 152 valence electrons. The fourth-order valence-electron chi connectivity index (χ4n) is 2.95. The van der Waals surface area contributed by atoms with Crippen LogP contribution in [0.1, 0.15) is 27.9 Å². The number of hydrogen-bond donors (Lipinski definition) is 3. The first kappa shape index (κ1) is 20.9. The van der Waals surface area contributed by atoms with E-state index in [2.05, 4.69) is 11.9 Å². The summed E-state index contributed by atoms with van der Waals surface area (Å²) in [6.45, 7) is 3.24. The third-order valence-corrected chi connectivity index (χ3v) is 6.64. The molecule has 1 atom stereocenters. The van der Waals surface area contributed by atoms with Crippen LogP contribution < -0.4 is 5.32 Å². The van der Waals surface area contributed by atoms with E-state index < -0.39 is 36.5 Å². The van der Waals surface area contributed by atoms with Gasteiger partial charge in [0, 0.05) is 23.0 Å². The summed E-state index contributed by atoms with van der Waals surface area (Å²) in [5.74, 6) is -0.771. The zero-order valence-electron chi connectivity index (χ0n) is 14.9. The van der Waals surface area contributed by atoms with Crippen LogP contribution in [0.3, 0.4) is 0 Å². The second-order valence-electron chi connectivity index (χ2n) is 6.38. The van der Waals surface area contributed by atoms with E-state index in [0.29, 0.717) is 5.56 Å². The Labute approximate surface area is 167 Å². The zero-order valence-corrected chi connectivity index (χ0v) is 16.6. The van der Waals surface area contributed by atoms with Crippen LogP contribution in [0.15, 0.2) is 70.3 Å². The Morgan fingerprint density at radius 3 is 2.48 bits per heavy atom. The van der Waals surface area contributed by atoms with Gasteiger partial charge in [0.05, 0.1) is 9.79 Å². The predicted molar refractivity (Wildman–Crippen MR) is 105 cm³/mol. The van der Waals surface area contributed by atoms with Gasteiger partial charge in [0.1, 0.15) is 0 Å². The minimum atomic E-state index is -4.52. The van der Waals surface area contributed by atoms with Crippen molar-refractivity contribution >= 4 is 31.9 Å². The molecule has 2 aromatic rings. The number of carbonyl (C=O) groups excluding carboxylic acids is 1. The van der Waals surface area contributed by atoms with Crippen molar-refractivity contribution in [1.29, 1.82) is 0 Å². The number of amides is 1. The van der Waals surface area contributed by atoms with E-state index in [1.54, 1.807) is 12.2 Å². The smallest absolute Gasteiger partial charge is 0.294 e. The molecule has 3 N–H and O–H groups in total. The first-order valence-corrected chi connectivity index (χ1v) is 11.3. The topological polar surface area (TPSA) is 138 Å². The largest absolute Gasteiger partial charge is 0.367 e. The molecule has 1 aliphatic carbocycles. The molecular weight excluding hydrogens is 418 g/mol. The summed E-state index contributed by atoms with van der Waals surface area (Å²) >= 11 is 0. The lowest BCUT2D eigenvalue weighted by molar-refractivity contribution is 0.00462. The average Bonchev–Trinajstić information content (AvgIpc) is 2.67. The van der Waals surface area contributed by atoms with Crippen molar-refractivity contribution < 1.29 is 31.3 Å². The summed E-state index contributed by atoms with van der Waals surface area (Å²) in [5.41, 5.74) is -1.45. The molecule has 0 fully saturated rings. The summed E-state index contributed by atoms with van der Waals surface area (Å²) in [5, 5.41) is 14.2. The van der Waals surface area contributed by atoms with Crippen LogP contribution in [-0.4, -0.2) is 32.4 Å². The van der Waals surface area contributed by atoms with Crippen LogP contribution in [0.2, 0.25) is 0 Å². The quantitative estimate of drug-likeness (QED) is 0.481. The van der Waals surface area contributed by atoms with Crippen LogP contribution >= 0.6 is 0 Å². The molecule has 10 heteroatoms. The van der Waals surface area contributed by atoms with Crippen molar-refractivity contribution in [3.8, 4) is 0 Å². The van der Waals surface area contributed by atoms with Gasteiger partial charge in [0.2, 0.25) is 0 Å². The lowest BCUT2D eigenvalue weighted by Gasteiger charge is -2.32. The van der Waals surface area contributed by atoms with E-state index in [4.69, 9.17) is 0 Å². The van der Waals surface area contributed by atoms with Gasteiger partial charge in [-0.15, -0.1) is 0 Å². The van der Waals surface area contributed by atoms with E-state index in [-0.39, 0.29) is 22.4 Å². The standard InChI is InChI=1S/C19H17NO7S2/c1-2-28(23,24)15-7-3-5-14(11-15)18(21)20-19(22)10-4-6-13-8-9-16(12-17(13)19)29(25,26)27/h2-9,11-12,22H,1,10H2,(H,20,21)(H,25,26,27). The van der Waals surface area contributed by atoms with Crippen molar-refractivity contribution in [3.63, 3.8) is 0 Å². The summed E-state index contributed by atoms with van der Waals surface area (Å²) in [4.78, 5) is 12.1. The maximum atomic E-state index is 12.7. The normalized spacial score (nSPS) is 18.7. The van der Waals surface area contributed by atoms with E-state index in [1.165, 1.54) is 30.3 Å². The Bertz CT molecular complexity index is 1250. The summed E-state index contributed by atoms with van der Waals surface area (Å²) in [6, 6.07) is 8.84. The second-order valence-corrected chi connectivity index (χ2v) is 9.70. The molecule has 0 bridgehead atoms. The van der Waals surface area contributed by atoms with Crippen molar-refractivity contribution in [3.05, 3.63) is 77.2 Å². The molecule has 29 heavy (non-hydrogen) atoms. The van der Waals surface area contributed by atoms with Gasteiger partial charge in [0.25, 0.3) is 16.0 Å². The molecule has 0 heterocycles. The summed E-state index contributed by atoms with van der Waals surface area (Å²) in [6.07, 6.45) is 3.17. The number of carbonyl (C=O) groups is 1. The molecule has 0 saturated carbocycles. The van der Waals surface area contributed by atoms with Crippen LogP contribution in [0.4, 0.5) is 0 Å². The molecule has 0 radical (unpaired) electrons. The molecule has 0 aromatic heterocycles. The lowest BCUT2D eigenvalue weighted by atomic mass is 9.89. The highest BCUT2D eigenvalue weighted by atomic mass is 32.2. The molecule has 1 aliphatic rings. The van der Waals surface area contributed by atoms with Gasteiger partial charge < -0.3 is 10.4 Å². The van der Waals surface area contributed by atoms with Gasteiger partial charge in [-0.05, 0) is 35.9 Å². The highest BCUT2D eigenvalue weighted by Gasteiger charge is 2.35. The maximum absolute atomic E-state index is 12.7. The SMILES string of the molecule is C=CS(=O)(=O)c1cccc(C(=O)NC2(O)CC=Cc3ccc(S(=O)(=O)O)cc32)c1. The predicted octanol–water partition coefficient (Wildman–Crippen LogP) is 1.84. The first-order chi connectivity index (χ1) is 13.5. The van der Waals surface area contributed by atoms with E-state index >= 15 is 0 Å². The second kappa shape index (κ2) is 7.23. The number of hydrogen-bond acceptors (Lipinski definition) is 6. The average molecular weight is 435 g/mol. The molecular formula is C19H17NO7S2. The fourth-order valence-corrected chi connectivity index (χ4v) is 4.21. The fraction of sp³-hybridized carbons (Fsp3) is 0.105. The Balaban J connectivity index is 1.99. The highest BCUT2D eigenvalue weighted by molar-refractivity contribution is 7.94. The maximum Gasteiger partial charge on any atom is 0.294 e. The first-order valence-electron chi connectivity index (χ1n) is 8.27. The van der Waals surface area contributed by atoms with Crippen LogP contribution in [0.5, 0.6) is 0 Å². The summed E-state index contributed by atoms with van der Waals surface area (Å²) < 4.78 is 56.0. The summed E-state index contributed by atoms with van der Waals surface area (Å²) in [7, 11) is -8.27. The number of fused-ring (bicyclic) bond motifs is 1. The number of nitrogens with one attached hydrogen (secondary N) is 1. The van der Waals surface area contributed by atoms with E-state index in [9.17, 15) is 31.3 Å². The lowest BCUT2D eigenvalue weighted by Crippen LogP contribution is -2.46. The van der Waals surface area contributed by atoms with Gasteiger partial charge in [-0.3, -0.25) is 9.35 Å². The Morgan fingerprint density at radius 2 is 1.83 bits per heavy atom. The van der Waals surface area contributed by atoms with Gasteiger partial charge in [-0.2, -0.15) is 8.42 Å². The van der Waals surface area contributed by atoms with E-state index in [1.807, 2.05) is 0 Å².